The fourth-order valence-electron chi connectivity index (χ4n) is 2.34. The predicted octanol–water partition coefficient (Wildman–Crippen LogP) is -0.0976. The normalized spacial score (nSPS) is 30.3. The highest BCUT2D eigenvalue weighted by atomic mass is 16.5. The highest BCUT2D eigenvalue weighted by Crippen LogP contribution is 2.18. The maximum Gasteiger partial charge on any atom is 0.252 e. The van der Waals surface area contributed by atoms with E-state index in [2.05, 4.69) is 5.32 Å². The second kappa shape index (κ2) is 4.82. The number of hydrogen-bond donors (Lipinski definition) is 1. The summed E-state index contributed by atoms with van der Waals surface area (Å²) in [6, 6.07) is -0.314. The van der Waals surface area contributed by atoms with Crippen LogP contribution in [0.25, 0.3) is 0 Å². The maximum atomic E-state index is 12.1. The summed E-state index contributed by atoms with van der Waals surface area (Å²) in [6.07, 6.45) is 2.06. The Morgan fingerprint density at radius 1 is 1.62 bits per heavy atom. The van der Waals surface area contributed by atoms with Crippen molar-refractivity contribution in [3.63, 3.8) is 0 Å². The molecule has 2 aliphatic heterocycles. The Bertz CT molecular complexity index is 287. The molecule has 2 unspecified atom stereocenters. The van der Waals surface area contributed by atoms with E-state index in [4.69, 9.17) is 4.74 Å². The zero-order valence-corrected chi connectivity index (χ0v) is 9.57. The van der Waals surface area contributed by atoms with Crippen LogP contribution in [0.15, 0.2) is 0 Å². The molecule has 2 amide bonds. The third-order valence-corrected chi connectivity index (χ3v) is 3.21. The van der Waals surface area contributed by atoms with Crippen molar-refractivity contribution in [3.8, 4) is 0 Å². The van der Waals surface area contributed by atoms with E-state index in [1.807, 2.05) is 6.92 Å². The standard InChI is InChI=1S/C11H18N2O3/c1-2-8-10(14)12-5-6-13(8)11(15)9-4-3-7-16-9/h8-9H,2-7H2,1H3,(H,12,14). The molecule has 90 valence electrons. The van der Waals surface area contributed by atoms with Crippen LogP contribution in [0.4, 0.5) is 0 Å². The second-order valence-electron chi connectivity index (χ2n) is 4.25. The Morgan fingerprint density at radius 3 is 3.06 bits per heavy atom. The number of carbonyl (C=O) groups excluding carboxylic acids is 2. The van der Waals surface area contributed by atoms with E-state index < -0.39 is 0 Å². The van der Waals surface area contributed by atoms with Crippen LogP contribution in [-0.2, 0) is 14.3 Å². The smallest absolute Gasteiger partial charge is 0.252 e. The fourth-order valence-corrected chi connectivity index (χ4v) is 2.34. The summed E-state index contributed by atoms with van der Waals surface area (Å²) in [5.41, 5.74) is 0. The third-order valence-electron chi connectivity index (χ3n) is 3.21. The first-order valence-electron chi connectivity index (χ1n) is 5.94. The molecular weight excluding hydrogens is 208 g/mol. The molecule has 2 heterocycles. The Morgan fingerprint density at radius 2 is 2.44 bits per heavy atom. The van der Waals surface area contributed by atoms with Crippen LogP contribution < -0.4 is 5.32 Å². The van der Waals surface area contributed by atoms with Gasteiger partial charge in [-0.3, -0.25) is 9.59 Å². The van der Waals surface area contributed by atoms with Crippen LogP contribution in [0.1, 0.15) is 26.2 Å². The summed E-state index contributed by atoms with van der Waals surface area (Å²) in [7, 11) is 0. The lowest BCUT2D eigenvalue weighted by atomic mass is 10.1. The third kappa shape index (κ3) is 2.04. The predicted molar refractivity (Wildman–Crippen MR) is 57.8 cm³/mol. The van der Waals surface area contributed by atoms with Crippen LogP contribution in [0.2, 0.25) is 0 Å². The van der Waals surface area contributed by atoms with Crippen molar-refractivity contribution in [2.24, 2.45) is 0 Å². The number of nitrogens with zero attached hydrogens (tertiary/aromatic N) is 1. The van der Waals surface area contributed by atoms with Gasteiger partial charge in [0.05, 0.1) is 0 Å². The van der Waals surface area contributed by atoms with Crippen molar-refractivity contribution in [1.29, 1.82) is 0 Å². The highest BCUT2D eigenvalue weighted by Gasteiger charge is 2.36. The minimum atomic E-state index is -0.319. The molecule has 0 aromatic rings. The van der Waals surface area contributed by atoms with Gasteiger partial charge in [-0.05, 0) is 19.3 Å². The van der Waals surface area contributed by atoms with Crippen molar-refractivity contribution in [1.82, 2.24) is 10.2 Å². The Balaban J connectivity index is 2.05. The molecule has 5 nitrogen and oxygen atoms in total. The summed E-state index contributed by atoms with van der Waals surface area (Å²) in [5, 5.41) is 2.78. The first-order chi connectivity index (χ1) is 7.74. The molecule has 1 N–H and O–H groups in total. The van der Waals surface area contributed by atoms with Crippen LogP contribution >= 0.6 is 0 Å². The van der Waals surface area contributed by atoms with E-state index >= 15 is 0 Å². The zero-order valence-electron chi connectivity index (χ0n) is 9.57. The maximum absolute atomic E-state index is 12.1. The lowest BCUT2D eigenvalue weighted by Gasteiger charge is -2.35. The van der Waals surface area contributed by atoms with E-state index in [9.17, 15) is 9.59 Å². The van der Waals surface area contributed by atoms with Gasteiger partial charge in [-0.25, -0.2) is 0 Å². The van der Waals surface area contributed by atoms with Crippen LogP contribution in [0, 0.1) is 0 Å². The number of rotatable bonds is 2. The number of ether oxygens (including phenoxy) is 1. The molecule has 2 saturated heterocycles. The van der Waals surface area contributed by atoms with Gasteiger partial charge >= 0.3 is 0 Å². The Kier molecular flexibility index (Phi) is 3.43. The summed E-state index contributed by atoms with van der Waals surface area (Å²) >= 11 is 0. The van der Waals surface area contributed by atoms with Crippen molar-refractivity contribution in [3.05, 3.63) is 0 Å². The van der Waals surface area contributed by atoms with Gasteiger partial charge in [0.15, 0.2) is 0 Å². The zero-order chi connectivity index (χ0) is 11.5. The molecular formula is C11H18N2O3. The van der Waals surface area contributed by atoms with Gasteiger partial charge in [0.1, 0.15) is 12.1 Å². The molecule has 2 rings (SSSR count). The van der Waals surface area contributed by atoms with Gasteiger partial charge in [0, 0.05) is 19.7 Å². The average Bonchev–Trinajstić information content (AvgIpc) is 2.81. The van der Waals surface area contributed by atoms with Crippen molar-refractivity contribution in [2.75, 3.05) is 19.7 Å². The number of carbonyl (C=O) groups is 2. The van der Waals surface area contributed by atoms with E-state index in [1.54, 1.807) is 4.90 Å². The van der Waals surface area contributed by atoms with E-state index in [0.29, 0.717) is 26.1 Å². The van der Waals surface area contributed by atoms with Crippen molar-refractivity contribution < 1.29 is 14.3 Å². The molecule has 0 aromatic carbocycles. The summed E-state index contributed by atoms with van der Waals surface area (Å²) in [4.78, 5) is 25.4. The number of hydrogen-bond acceptors (Lipinski definition) is 3. The van der Waals surface area contributed by atoms with Crippen LogP contribution in [-0.4, -0.2) is 48.6 Å². The summed E-state index contributed by atoms with van der Waals surface area (Å²) < 4.78 is 5.37. The molecule has 2 atom stereocenters. The molecule has 0 radical (unpaired) electrons. The molecule has 0 saturated carbocycles. The second-order valence-corrected chi connectivity index (χ2v) is 4.25. The highest BCUT2D eigenvalue weighted by molar-refractivity contribution is 5.90. The molecule has 16 heavy (non-hydrogen) atoms. The average molecular weight is 226 g/mol. The number of nitrogens with one attached hydrogen (secondary N) is 1. The topological polar surface area (TPSA) is 58.6 Å². The quantitative estimate of drug-likeness (QED) is 0.715. The van der Waals surface area contributed by atoms with Gasteiger partial charge in [-0.15, -0.1) is 0 Å². The van der Waals surface area contributed by atoms with Gasteiger partial charge in [0.2, 0.25) is 5.91 Å². The fraction of sp³-hybridized carbons (Fsp3) is 0.818. The summed E-state index contributed by atoms with van der Waals surface area (Å²) in [6.45, 7) is 3.73. The molecule has 0 spiro atoms. The molecule has 2 fully saturated rings. The molecule has 0 aromatic heterocycles. The number of amides is 2. The molecule has 0 bridgehead atoms. The lowest BCUT2D eigenvalue weighted by molar-refractivity contribution is -0.150. The molecule has 2 aliphatic rings. The van der Waals surface area contributed by atoms with Crippen LogP contribution in [0.5, 0.6) is 0 Å². The van der Waals surface area contributed by atoms with Crippen molar-refractivity contribution >= 4 is 11.8 Å². The van der Waals surface area contributed by atoms with Gasteiger partial charge in [-0.2, -0.15) is 0 Å². The molecule has 0 aliphatic carbocycles. The van der Waals surface area contributed by atoms with Crippen molar-refractivity contribution in [2.45, 2.75) is 38.3 Å². The van der Waals surface area contributed by atoms with E-state index in [-0.39, 0.29) is 24.0 Å². The largest absolute Gasteiger partial charge is 0.368 e. The lowest BCUT2D eigenvalue weighted by Crippen LogP contribution is -2.58. The van der Waals surface area contributed by atoms with Gasteiger partial charge in [-0.1, -0.05) is 6.92 Å². The first kappa shape index (κ1) is 11.4. The SMILES string of the molecule is CCC1C(=O)NCCN1C(=O)C1CCCO1. The van der Waals surface area contributed by atoms with E-state index in [1.165, 1.54) is 0 Å². The van der Waals surface area contributed by atoms with E-state index in [0.717, 1.165) is 12.8 Å². The Labute approximate surface area is 95.1 Å². The monoisotopic (exact) mass is 226 g/mol. The minimum Gasteiger partial charge on any atom is -0.368 e. The number of piperazine rings is 1. The first-order valence-corrected chi connectivity index (χ1v) is 5.94. The Hall–Kier alpha value is -1.10. The minimum absolute atomic E-state index is 0.0146. The van der Waals surface area contributed by atoms with Gasteiger partial charge in [0.25, 0.3) is 5.91 Å². The van der Waals surface area contributed by atoms with Crippen LogP contribution in [0.3, 0.4) is 0 Å². The molecule has 5 heteroatoms. The summed E-state index contributed by atoms with van der Waals surface area (Å²) in [5.74, 6) is -0.0562. The van der Waals surface area contributed by atoms with Gasteiger partial charge < -0.3 is 15.0 Å².